The van der Waals surface area contributed by atoms with E-state index in [9.17, 15) is 8.78 Å². The number of para-hydroxylation sites is 2. The van der Waals surface area contributed by atoms with E-state index in [0.29, 0.717) is 61.0 Å². The highest BCUT2D eigenvalue weighted by molar-refractivity contribution is 5.78. The second-order valence-corrected chi connectivity index (χ2v) is 8.10. The predicted octanol–water partition coefficient (Wildman–Crippen LogP) is 3.11. The Labute approximate surface area is 184 Å². The Kier molecular flexibility index (Phi) is 5.88. The van der Waals surface area contributed by atoms with Crippen LogP contribution in [0.4, 0.5) is 14.7 Å². The number of anilines is 1. The zero-order chi connectivity index (χ0) is 22.1. The normalized spacial score (nSPS) is 21.6. The number of alkyl halides is 2. The van der Waals surface area contributed by atoms with Crippen LogP contribution < -0.4 is 15.0 Å². The van der Waals surface area contributed by atoms with Crippen LogP contribution in [-0.2, 0) is 4.74 Å². The van der Waals surface area contributed by atoms with Gasteiger partial charge >= 0.3 is 0 Å². The van der Waals surface area contributed by atoms with Crippen LogP contribution in [0.3, 0.4) is 0 Å². The SMILES string of the molecule is CNC1CCC(Oc2cc(-n3c(C(F)F)nc4ccccc43)nc(N3CCOCC3)n2)C1. The van der Waals surface area contributed by atoms with Crippen molar-refractivity contribution < 1.29 is 18.3 Å². The molecule has 5 rings (SSSR count). The Morgan fingerprint density at radius 3 is 2.69 bits per heavy atom. The molecular weight excluding hydrogens is 418 g/mol. The maximum absolute atomic E-state index is 13.9. The minimum absolute atomic E-state index is 0.0156. The van der Waals surface area contributed by atoms with Gasteiger partial charge in [-0.15, -0.1) is 0 Å². The highest BCUT2D eigenvalue weighted by Crippen LogP contribution is 2.31. The van der Waals surface area contributed by atoms with Crippen molar-refractivity contribution in [2.75, 3.05) is 38.3 Å². The molecule has 1 aromatic carbocycles. The molecule has 2 unspecified atom stereocenters. The first kappa shape index (κ1) is 21.0. The van der Waals surface area contributed by atoms with Crippen molar-refractivity contribution in [3.8, 4) is 11.7 Å². The van der Waals surface area contributed by atoms with Gasteiger partial charge in [-0.05, 0) is 38.4 Å². The number of imidazole rings is 1. The number of rotatable bonds is 6. The number of halogens is 2. The van der Waals surface area contributed by atoms with Crippen molar-refractivity contribution >= 4 is 17.0 Å². The molecular formula is C22H26F2N6O2. The molecule has 3 heterocycles. The molecule has 2 fully saturated rings. The van der Waals surface area contributed by atoms with Crippen LogP contribution >= 0.6 is 0 Å². The lowest BCUT2D eigenvalue weighted by Gasteiger charge is -2.27. The summed E-state index contributed by atoms with van der Waals surface area (Å²) in [5, 5.41) is 3.29. The third kappa shape index (κ3) is 4.12. The molecule has 0 bridgehead atoms. The van der Waals surface area contributed by atoms with Crippen LogP contribution in [0.1, 0.15) is 31.5 Å². The van der Waals surface area contributed by atoms with Gasteiger partial charge in [-0.1, -0.05) is 12.1 Å². The smallest absolute Gasteiger partial charge is 0.296 e. The molecule has 2 aromatic heterocycles. The van der Waals surface area contributed by atoms with Crippen LogP contribution in [-0.4, -0.2) is 65.0 Å². The van der Waals surface area contributed by atoms with E-state index in [2.05, 4.69) is 20.3 Å². The van der Waals surface area contributed by atoms with Crippen molar-refractivity contribution in [2.45, 2.75) is 37.8 Å². The fourth-order valence-electron chi connectivity index (χ4n) is 4.39. The summed E-state index contributed by atoms with van der Waals surface area (Å²) in [5.74, 6) is 0.807. The summed E-state index contributed by atoms with van der Waals surface area (Å²) in [4.78, 5) is 15.4. The maximum atomic E-state index is 13.9. The number of nitrogens with one attached hydrogen (secondary N) is 1. The fraction of sp³-hybridized carbons (Fsp3) is 0.500. The van der Waals surface area contributed by atoms with Gasteiger partial charge in [0.25, 0.3) is 6.43 Å². The van der Waals surface area contributed by atoms with E-state index in [-0.39, 0.29) is 11.9 Å². The molecule has 170 valence electrons. The van der Waals surface area contributed by atoms with E-state index in [1.165, 1.54) is 4.57 Å². The molecule has 1 saturated heterocycles. The molecule has 3 aromatic rings. The molecule has 0 spiro atoms. The summed E-state index contributed by atoms with van der Waals surface area (Å²) in [6.45, 7) is 2.38. The Balaban J connectivity index is 1.58. The van der Waals surface area contributed by atoms with Crippen molar-refractivity contribution in [1.82, 2.24) is 24.8 Å². The van der Waals surface area contributed by atoms with Gasteiger partial charge in [0.1, 0.15) is 11.9 Å². The molecule has 1 N–H and O–H groups in total. The van der Waals surface area contributed by atoms with Gasteiger partial charge in [-0.3, -0.25) is 4.57 Å². The van der Waals surface area contributed by atoms with Crippen LogP contribution in [0.5, 0.6) is 5.88 Å². The molecule has 1 aliphatic heterocycles. The van der Waals surface area contributed by atoms with E-state index in [0.717, 1.165) is 19.3 Å². The molecule has 0 radical (unpaired) electrons. The number of hydrogen-bond donors (Lipinski definition) is 1. The second kappa shape index (κ2) is 8.95. The first-order valence-electron chi connectivity index (χ1n) is 10.9. The van der Waals surface area contributed by atoms with E-state index in [1.807, 2.05) is 11.9 Å². The van der Waals surface area contributed by atoms with Gasteiger partial charge < -0.3 is 19.7 Å². The molecule has 2 aliphatic rings. The lowest BCUT2D eigenvalue weighted by molar-refractivity contribution is 0.121. The van der Waals surface area contributed by atoms with Gasteiger partial charge in [0, 0.05) is 25.2 Å². The highest BCUT2D eigenvalue weighted by Gasteiger charge is 2.27. The predicted molar refractivity (Wildman–Crippen MR) is 116 cm³/mol. The second-order valence-electron chi connectivity index (χ2n) is 8.10. The fourth-order valence-corrected chi connectivity index (χ4v) is 4.39. The topological polar surface area (TPSA) is 77.3 Å². The van der Waals surface area contributed by atoms with Crippen molar-refractivity contribution in [1.29, 1.82) is 0 Å². The minimum atomic E-state index is -2.75. The van der Waals surface area contributed by atoms with Crippen molar-refractivity contribution in [3.05, 3.63) is 36.2 Å². The molecule has 32 heavy (non-hydrogen) atoms. The highest BCUT2D eigenvalue weighted by atomic mass is 19.3. The van der Waals surface area contributed by atoms with E-state index >= 15 is 0 Å². The Morgan fingerprint density at radius 2 is 1.94 bits per heavy atom. The number of hydrogen-bond acceptors (Lipinski definition) is 7. The number of fused-ring (bicyclic) bond motifs is 1. The lowest BCUT2D eigenvalue weighted by Crippen LogP contribution is -2.37. The summed E-state index contributed by atoms with van der Waals surface area (Å²) in [5.41, 5.74) is 1.06. The van der Waals surface area contributed by atoms with Crippen LogP contribution in [0.2, 0.25) is 0 Å². The van der Waals surface area contributed by atoms with Gasteiger partial charge in [-0.25, -0.2) is 13.8 Å². The molecule has 10 heteroatoms. The Hall–Kier alpha value is -2.85. The van der Waals surface area contributed by atoms with Gasteiger partial charge in [0.05, 0.1) is 24.2 Å². The summed E-state index contributed by atoms with van der Waals surface area (Å²) in [7, 11) is 1.95. The van der Waals surface area contributed by atoms with E-state index in [1.54, 1.807) is 30.3 Å². The first-order chi connectivity index (χ1) is 15.6. The number of aromatic nitrogens is 4. The largest absolute Gasteiger partial charge is 0.474 e. The molecule has 1 saturated carbocycles. The van der Waals surface area contributed by atoms with Crippen LogP contribution in [0.25, 0.3) is 16.9 Å². The Bertz CT molecular complexity index is 1090. The van der Waals surface area contributed by atoms with Crippen molar-refractivity contribution in [2.24, 2.45) is 0 Å². The monoisotopic (exact) mass is 444 g/mol. The van der Waals surface area contributed by atoms with Crippen LogP contribution in [0, 0.1) is 0 Å². The van der Waals surface area contributed by atoms with Crippen LogP contribution in [0.15, 0.2) is 30.3 Å². The lowest BCUT2D eigenvalue weighted by atomic mass is 10.2. The zero-order valence-corrected chi connectivity index (χ0v) is 17.9. The molecule has 2 atom stereocenters. The number of morpholine rings is 1. The van der Waals surface area contributed by atoms with E-state index < -0.39 is 6.43 Å². The maximum Gasteiger partial charge on any atom is 0.296 e. The summed E-state index contributed by atoms with van der Waals surface area (Å²) < 4.78 is 40.9. The number of nitrogens with zero attached hydrogens (tertiary/aromatic N) is 5. The molecule has 8 nitrogen and oxygen atoms in total. The van der Waals surface area contributed by atoms with Crippen molar-refractivity contribution in [3.63, 3.8) is 0 Å². The van der Waals surface area contributed by atoms with Gasteiger partial charge in [0.15, 0.2) is 5.82 Å². The third-order valence-corrected chi connectivity index (χ3v) is 6.06. The summed E-state index contributed by atoms with van der Waals surface area (Å²) >= 11 is 0. The number of ether oxygens (including phenoxy) is 2. The number of benzene rings is 1. The molecule has 1 aliphatic carbocycles. The quantitative estimate of drug-likeness (QED) is 0.626. The summed E-state index contributed by atoms with van der Waals surface area (Å²) in [6.07, 6.45) is 0.0751. The summed E-state index contributed by atoms with van der Waals surface area (Å²) in [6, 6.07) is 9.10. The zero-order valence-electron chi connectivity index (χ0n) is 17.9. The third-order valence-electron chi connectivity index (χ3n) is 6.06. The Morgan fingerprint density at radius 1 is 1.12 bits per heavy atom. The van der Waals surface area contributed by atoms with E-state index in [4.69, 9.17) is 9.47 Å². The molecule has 0 amide bonds. The van der Waals surface area contributed by atoms with Gasteiger partial charge in [-0.2, -0.15) is 9.97 Å². The first-order valence-corrected chi connectivity index (χ1v) is 10.9. The average molecular weight is 444 g/mol. The average Bonchev–Trinajstić information content (AvgIpc) is 3.44. The standard InChI is InChI=1S/C22H26F2N6O2/c1-25-14-6-7-15(12-14)32-19-13-18(27-22(28-19)29-8-10-31-11-9-29)30-17-5-3-2-4-16(17)26-21(30)20(23)24/h2-5,13-15,20,25H,6-12H2,1H3. The van der Waals surface area contributed by atoms with Gasteiger partial charge in [0.2, 0.25) is 11.8 Å². The minimum Gasteiger partial charge on any atom is -0.474 e.